The van der Waals surface area contributed by atoms with E-state index in [2.05, 4.69) is 0 Å². The third-order valence-electron chi connectivity index (χ3n) is 5.58. The fraction of sp³-hybridized carbons (Fsp3) is 0.381. The van der Waals surface area contributed by atoms with Crippen LogP contribution in [0.1, 0.15) is 47.2 Å². The number of esters is 1. The van der Waals surface area contributed by atoms with Crippen LogP contribution in [0.25, 0.3) is 0 Å². The minimum Gasteiger partial charge on any atom is -0.508 e. The molecule has 3 rings (SSSR count). The van der Waals surface area contributed by atoms with Crippen molar-refractivity contribution >= 4 is 5.97 Å². The third-order valence-corrected chi connectivity index (χ3v) is 5.58. The van der Waals surface area contributed by atoms with E-state index in [-0.39, 0.29) is 18.6 Å². The van der Waals surface area contributed by atoms with Crippen molar-refractivity contribution in [3.05, 3.63) is 65.2 Å². The number of benzene rings is 2. The Bertz CT molecular complexity index is 787. The summed E-state index contributed by atoms with van der Waals surface area (Å²) >= 11 is 0. The van der Waals surface area contributed by atoms with Crippen molar-refractivity contribution < 1.29 is 27.8 Å². The third kappa shape index (κ3) is 3.80. The van der Waals surface area contributed by atoms with Gasteiger partial charge in [-0.25, -0.2) is 4.79 Å². The summed E-state index contributed by atoms with van der Waals surface area (Å²) < 4.78 is 44.1. The Kier molecular flexibility index (Phi) is 5.18. The van der Waals surface area contributed by atoms with Crippen LogP contribution in [0.5, 0.6) is 5.75 Å². The maximum atomic E-state index is 13.1. The van der Waals surface area contributed by atoms with E-state index in [1.807, 2.05) is 0 Å². The van der Waals surface area contributed by atoms with Gasteiger partial charge in [0.1, 0.15) is 5.75 Å². The highest BCUT2D eigenvalue weighted by Crippen LogP contribution is 2.50. The van der Waals surface area contributed by atoms with E-state index in [9.17, 15) is 23.1 Å². The molecule has 144 valence electrons. The Morgan fingerprint density at radius 1 is 1.00 bits per heavy atom. The predicted molar refractivity (Wildman–Crippen MR) is 94.7 cm³/mol. The number of alkyl halides is 3. The van der Waals surface area contributed by atoms with Crippen LogP contribution in [-0.4, -0.2) is 24.4 Å². The summed E-state index contributed by atoms with van der Waals surface area (Å²) in [6, 6.07) is 13.5. The number of methoxy groups -OCH3 is 1. The van der Waals surface area contributed by atoms with E-state index in [0.29, 0.717) is 18.4 Å². The minimum atomic E-state index is -4.18. The van der Waals surface area contributed by atoms with Crippen molar-refractivity contribution in [1.29, 1.82) is 0 Å². The molecule has 2 aromatic rings. The number of halogens is 3. The molecule has 1 N–H and O–H groups in total. The molecule has 0 spiro atoms. The van der Waals surface area contributed by atoms with Crippen molar-refractivity contribution in [1.82, 2.24) is 0 Å². The number of rotatable bonds is 3. The number of carbonyl (C=O) groups excluding carboxylic acids is 1. The standard InChI is InChI=1S/C21H21F3O3/c1-27-19(26)14-2-4-15(5-3-14)20(16-6-8-18(25)9-7-16)12-10-17(11-13-20)21(22,23)24/h2-9,17,25H,10-13H2,1H3. The summed E-state index contributed by atoms with van der Waals surface area (Å²) in [6.07, 6.45) is -3.40. The van der Waals surface area contributed by atoms with Crippen molar-refractivity contribution in [2.75, 3.05) is 7.11 Å². The van der Waals surface area contributed by atoms with Gasteiger partial charge in [0.2, 0.25) is 0 Å². The number of phenols is 1. The largest absolute Gasteiger partial charge is 0.508 e. The van der Waals surface area contributed by atoms with Crippen molar-refractivity contribution in [3.8, 4) is 5.75 Å². The predicted octanol–water partition coefficient (Wildman–Crippen LogP) is 5.22. The molecule has 0 aromatic heterocycles. The molecule has 1 fully saturated rings. The second-order valence-corrected chi connectivity index (χ2v) is 7.01. The van der Waals surface area contributed by atoms with Crippen molar-refractivity contribution in [3.63, 3.8) is 0 Å². The van der Waals surface area contributed by atoms with Gasteiger partial charge in [-0.15, -0.1) is 0 Å². The number of phenolic OH excluding ortho intramolecular Hbond substituents is 1. The minimum absolute atomic E-state index is 0.0448. The molecule has 6 heteroatoms. The number of hydrogen-bond acceptors (Lipinski definition) is 3. The van der Waals surface area contributed by atoms with Crippen LogP contribution >= 0.6 is 0 Å². The van der Waals surface area contributed by atoms with E-state index < -0.39 is 23.5 Å². The number of ether oxygens (including phenoxy) is 1. The molecule has 0 atom stereocenters. The van der Waals surface area contributed by atoms with Crippen LogP contribution in [-0.2, 0) is 10.2 Å². The first-order valence-corrected chi connectivity index (χ1v) is 8.81. The molecule has 1 aliphatic carbocycles. The molecule has 0 aliphatic heterocycles. The van der Waals surface area contributed by atoms with Gasteiger partial charge in [-0.05, 0) is 61.1 Å². The summed E-state index contributed by atoms with van der Waals surface area (Å²) in [5.74, 6) is -1.64. The number of carbonyl (C=O) groups is 1. The van der Waals surface area contributed by atoms with Gasteiger partial charge >= 0.3 is 12.1 Å². The van der Waals surface area contributed by atoms with Gasteiger partial charge in [-0.1, -0.05) is 24.3 Å². The number of aromatic hydroxyl groups is 1. The zero-order chi connectivity index (χ0) is 19.7. The summed E-state index contributed by atoms with van der Waals surface area (Å²) in [4.78, 5) is 11.7. The highest BCUT2D eigenvalue weighted by Gasteiger charge is 2.47. The van der Waals surface area contributed by atoms with E-state index in [1.54, 1.807) is 48.5 Å². The lowest BCUT2D eigenvalue weighted by atomic mass is 9.63. The average molecular weight is 378 g/mol. The Morgan fingerprint density at radius 3 is 1.93 bits per heavy atom. The van der Waals surface area contributed by atoms with Crippen LogP contribution in [0.4, 0.5) is 13.2 Å². The molecular weight excluding hydrogens is 357 g/mol. The second-order valence-electron chi connectivity index (χ2n) is 7.01. The van der Waals surface area contributed by atoms with Gasteiger partial charge in [-0.2, -0.15) is 13.2 Å². The van der Waals surface area contributed by atoms with Gasteiger partial charge in [-0.3, -0.25) is 0 Å². The van der Waals surface area contributed by atoms with Gasteiger partial charge in [0, 0.05) is 5.41 Å². The van der Waals surface area contributed by atoms with Gasteiger partial charge in [0.15, 0.2) is 0 Å². The summed E-state index contributed by atoms with van der Waals surface area (Å²) in [5.41, 5.74) is 1.55. The lowest BCUT2D eigenvalue weighted by Gasteiger charge is -2.42. The highest BCUT2D eigenvalue weighted by atomic mass is 19.4. The molecule has 0 radical (unpaired) electrons. The Morgan fingerprint density at radius 2 is 1.48 bits per heavy atom. The molecular formula is C21H21F3O3. The first kappa shape index (κ1) is 19.3. The number of hydrogen-bond donors (Lipinski definition) is 1. The zero-order valence-corrected chi connectivity index (χ0v) is 14.9. The quantitative estimate of drug-likeness (QED) is 0.745. The van der Waals surface area contributed by atoms with Gasteiger partial charge in [0.05, 0.1) is 18.6 Å². The zero-order valence-electron chi connectivity index (χ0n) is 14.9. The fourth-order valence-electron chi connectivity index (χ4n) is 4.01. The molecule has 2 aromatic carbocycles. The molecule has 1 aliphatic rings. The second kappa shape index (κ2) is 7.25. The lowest BCUT2D eigenvalue weighted by Crippen LogP contribution is -2.37. The molecule has 27 heavy (non-hydrogen) atoms. The lowest BCUT2D eigenvalue weighted by molar-refractivity contribution is -0.184. The Balaban J connectivity index is 1.99. The SMILES string of the molecule is COC(=O)c1ccc(C2(c3ccc(O)cc3)CCC(C(F)(F)F)CC2)cc1. The van der Waals surface area contributed by atoms with Crippen LogP contribution in [0.3, 0.4) is 0 Å². The van der Waals surface area contributed by atoms with E-state index in [0.717, 1.165) is 11.1 Å². The summed E-state index contributed by atoms with van der Waals surface area (Å²) in [5, 5.41) is 9.58. The molecule has 3 nitrogen and oxygen atoms in total. The Labute approximate surface area is 155 Å². The topological polar surface area (TPSA) is 46.5 Å². The summed E-state index contributed by atoms with van der Waals surface area (Å²) in [6.45, 7) is 0. The maximum absolute atomic E-state index is 13.1. The monoisotopic (exact) mass is 378 g/mol. The molecule has 0 heterocycles. The van der Waals surface area contributed by atoms with Crippen LogP contribution in [0.15, 0.2) is 48.5 Å². The van der Waals surface area contributed by atoms with Crippen molar-refractivity contribution in [2.24, 2.45) is 5.92 Å². The molecule has 0 bridgehead atoms. The van der Waals surface area contributed by atoms with Gasteiger partial charge in [0.25, 0.3) is 0 Å². The first-order valence-electron chi connectivity index (χ1n) is 8.81. The normalized spacial score (nSPS) is 23.0. The fourth-order valence-corrected chi connectivity index (χ4v) is 4.01. The van der Waals surface area contributed by atoms with Crippen LogP contribution in [0, 0.1) is 5.92 Å². The summed E-state index contributed by atoms with van der Waals surface area (Å²) in [7, 11) is 1.30. The van der Waals surface area contributed by atoms with Crippen molar-refractivity contribution in [2.45, 2.75) is 37.3 Å². The smallest absolute Gasteiger partial charge is 0.391 e. The van der Waals surface area contributed by atoms with E-state index in [1.165, 1.54) is 7.11 Å². The van der Waals surface area contributed by atoms with Gasteiger partial charge < -0.3 is 9.84 Å². The Hall–Kier alpha value is -2.50. The van der Waals surface area contributed by atoms with Crippen LogP contribution in [0.2, 0.25) is 0 Å². The van der Waals surface area contributed by atoms with Crippen LogP contribution < -0.4 is 0 Å². The molecule has 0 amide bonds. The maximum Gasteiger partial charge on any atom is 0.391 e. The highest BCUT2D eigenvalue weighted by molar-refractivity contribution is 5.89. The average Bonchev–Trinajstić information content (AvgIpc) is 2.67. The van der Waals surface area contributed by atoms with E-state index >= 15 is 0 Å². The first-order chi connectivity index (χ1) is 12.8. The molecule has 0 saturated heterocycles. The van der Waals surface area contributed by atoms with E-state index in [4.69, 9.17) is 4.74 Å². The molecule has 1 saturated carbocycles. The molecule has 0 unspecified atom stereocenters.